The van der Waals surface area contributed by atoms with Crippen LogP contribution in [0.3, 0.4) is 0 Å². The van der Waals surface area contributed by atoms with Gasteiger partial charge in [0.2, 0.25) is 11.7 Å². The van der Waals surface area contributed by atoms with Gasteiger partial charge in [-0.05, 0) is 36.7 Å². The fourth-order valence-electron chi connectivity index (χ4n) is 3.13. The SMILES string of the molecule is CCN(Cc1nc(-c2cccs2)no1)C(=O)[C@H](C)Oc1cccc2ccccc12. The Morgan fingerprint density at radius 1 is 1.17 bits per heavy atom. The minimum Gasteiger partial charge on any atom is -0.480 e. The lowest BCUT2D eigenvalue weighted by molar-refractivity contribution is -0.138. The summed E-state index contributed by atoms with van der Waals surface area (Å²) in [4.78, 5) is 20.0. The van der Waals surface area contributed by atoms with E-state index in [-0.39, 0.29) is 12.5 Å². The molecule has 2 aromatic carbocycles. The molecule has 2 heterocycles. The quantitative estimate of drug-likeness (QED) is 0.441. The van der Waals surface area contributed by atoms with Crippen molar-refractivity contribution in [2.45, 2.75) is 26.5 Å². The molecule has 29 heavy (non-hydrogen) atoms. The second-order valence-corrected chi connectivity index (χ2v) is 7.53. The van der Waals surface area contributed by atoms with Crippen LogP contribution in [0.2, 0.25) is 0 Å². The predicted molar refractivity (Wildman–Crippen MR) is 113 cm³/mol. The Bertz CT molecular complexity index is 1100. The van der Waals surface area contributed by atoms with Gasteiger partial charge in [0, 0.05) is 11.9 Å². The van der Waals surface area contributed by atoms with Gasteiger partial charge in [-0.3, -0.25) is 4.79 Å². The molecule has 4 rings (SSSR count). The van der Waals surface area contributed by atoms with Crippen molar-refractivity contribution in [1.82, 2.24) is 15.0 Å². The van der Waals surface area contributed by atoms with Crippen LogP contribution in [0.4, 0.5) is 0 Å². The molecule has 0 aliphatic rings. The first-order valence-corrected chi connectivity index (χ1v) is 10.3. The minimum atomic E-state index is -0.638. The Morgan fingerprint density at radius 2 is 2.00 bits per heavy atom. The molecule has 0 aliphatic heterocycles. The van der Waals surface area contributed by atoms with Crippen molar-refractivity contribution in [2.75, 3.05) is 6.54 Å². The molecular formula is C22H21N3O3S. The van der Waals surface area contributed by atoms with Gasteiger partial charge in [0.25, 0.3) is 5.91 Å². The molecule has 0 bridgehead atoms. The lowest BCUT2D eigenvalue weighted by Crippen LogP contribution is -2.40. The summed E-state index contributed by atoms with van der Waals surface area (Å²) >= 11 is 1.54. The van der Waals surface area contributed by atoms with Gasteiger partial charge in [-0.25, -0.2) is 0 Å². The van der Waals surface area contributed by atoms with E-state index in [4.69, 9.17) is 9.26 Å². The van der Waals surface area contributed by atoms with Gasteiger partial charge in [0.05, 0.1) is 4.88 Å². The van der Waals surface area contributed by atoms with Crippen molar-refractivity contribution in [3.8, 4) is 16.5 Å². The molecule has 148 valence electrons. The third kappa shape index (κ3) is 4.14. The number of rotatable bonds is 7. The summed E-state index contributed by atoms with van der Waals surface area (Å²) in [5.74, 6) is 1.51. The molecule has 6 nitrogen and oxygen atoms in total. The summed E-state index contributed by atoms with van der Waals surface area (Å²) in [7, 11) is 0. The Morgan fingerprint density at radius 3 is 2.79 bits per heavy atom. The number of hydrogen-bond donors (Lipinski definition) is 0. The van der Waals surface area contributed by atoms with E-state index in [0.717, 1.165) is 15.6 Å². The van der Waals surface area contributed by atoms with Gasteiger partial charge in [-0.15, -0.1) is 11.3 Å². The molecule has 0 radical (unpaired) electrons. The average molecular weight is 407 g/mol. The van der Waals surface area contributed by atoms with E-state index in [0.29, 0.717) is 24.0 Å². The minimum absolute atomic E-state index is 0.128. The zero-order valence-electron chi connectivity index (χ0n) is 16.2. The van der Waals surface area contributed by atoms with Gasteiger partial charge in [0.15, 0.2) is 6.10 Å². The van der Waals surface area contributed by atoms with Crippen molar-refractivity contribution in [2.24, 2.45) is 0 Å². The smallest absolute Gasteiger partial charge is 0.263 e. The summed E-state index contributed by atoms with van der Waals surface area (Å²) in [5.41, 5.74) is 0. The number of fused-ring (bicyclic) bond motifs is 1. The lowest BCUT2D eigenvalue weighted by Gasteiger charge is -2.24. The standard InChI is InChI=1S/C22H21N3O3S/c1-3-25(14-20-23-21(24-28-20)19-12-7-13-29-19)22(26)15(2)27-18-11-6-9-16-8-4-5-10-17(16)18/h4-13,15H,3,14H2,1-2H3/t15-/m0/s1. The molecule has 1 amide bonds. The zero-order valence-corrected chi connectivity index (χ0v) is 17.1. The van der Waals surface area contributed by atoms with Gasteiger partial charge < -0.3 is 14.2 Å². The highest BCUT2D eigenvalue weighted by Gasteiger charge is 2.24. The first-order valence-electron chi connectivity index (χ1n) is 9.45. The Hall–Kier alpha value is -3.19. The highest BCUT2D eigenvalue weighted by atomic mass is 32.1. The maximum atomic E-state index is 13.0. The first kappa shape index (κ1) is 19.1. The topological polar surface area (TPSA) is 68.5 Å². The van der Waals surface area contributed by atoms with Crippen LogP contribution in [-0.2, 0) is 11.3 Å². The zero-order chi connectivity index (χ0) is 20.2. The van der Waals surface area contributed by atoms with Crippen LogP contribution in [0.1, 0.15) is 19.7 Å². The highest BCUT2D eigenvalue weighted by Crippen LogP contribution is 2.26. The maximum absolute atomic E-state index is 13.0. The summed E-state index contributed by atoms with van der Waals surface area (Å²) in [6.45, 7) is 4.44. The fourth-order valence-corrected chi connectivity index (χ4v) is 3.78. The Balaban J connectivity index is 1.46. The number of carbonyl (C=O) groups is 1. The molecular weight excluding hydrogens is 386 g/mol. The number of likely N-dealkylation sites (N-methyl/N-ethyl adjacent to an activating group) is 1. The van der Waals surface area contributed by atoms with Crippen molar-refractivity contribution in [1.29, 1.82) is 0 Å². The number of ether oxygens (including phenoxy) is 1. The number of benzene rings is 2. The summed E-state index contributed by atoms with van der Waals surface area (Å²) < 4.78 is 11.4. The molecule has 2 aromatic heterocycles. The number of aromatic nitrogens is 2. The van der Waals surface area contributed by atoms with E-state index in [9.17, 15) is 4.79 Å². The normalized spacial score (nSPS) is 12.1. The number of thiophene rings is 1. The predicted octanol–water partition coefficient (Wildman–Crippen LogP) is 4.77. The third-order valence-electron chi connectivity index (χ3n) is 4.63. The first-order chi connectivity index (χ1) is 14.2. The fraction of sp³-hybridized carbons (Fsp3) is 0.227. The van der Waals surface area contributed by atoms with Gasteiger partial charge in [-0.2, -0.15) is 4.98 Å². The monoisotopic (exact) mass is 407 g/mol. The van der Waals surface area contributed by atoms with Crippen molar-refractivity contribution >= 4 is 28.0 Å². The molecule has 0 fully saturated rings. The van der Waals surface area contributed by atoms with Crippen molar-refractivity contribution in [3.05, 3.63) is 65.9 Å². The van der Waals surface area contributed by atoms with Crippen LogP contribution in [0.15, 0.2) is 64.5 Å². The van der Waals surface area contributed by atoms with Crippen LogP contribution in [0, 0.1) is 0 Å². The van der Waals surface area contributed by atoms with E-state index in [1.165, 1.54) is 0 Å². The molecule has 0 saturated carbocycles. The van der Waals surface area contributed by atoms with Crippen LogP contribution in [-0.4, -0.2) is 33.6 Å². The average Bonchev–Trinajstić information content (AvgIpc) is 3.43. The second kappa shape index (κ2) is 8.45. The molecule has 7 heteroatoms. The summed E-state index contributed by atoms with van der Waals surface area (Å²) in [5, 5.41) is 8.02. The van der Waals surface area contributed by atoms with E-state index in [1.807, 2.05) is 66.9 Å². The Kier molecular flexibility index (Phi) is 5.57. The number of carbonyl (C=O) groups excluding carboxylic acids is 1. The number of hydrogen-bond acceptors (Lipinski definition) is 6. The van der Waals surface area contributed by atoms with Gasteiger partial charge >= 0.3 is 0 Å². The third-order valence-corrected chi connectivity index (χ3v) is 5.50. The van der Waals surface area contributed by atoms with Crippen molar-refractivity contribution < 1.29 is 14.1 Å². The van der Waals surface area contributed by atoms with Crippen molar-refractivity contribution in [3.63, 3.8) is 0 Å². The van der Waals surface area contributed by atoms with Gasteiger partial charge in [0.1, 0.15) is 12.3 Å². The van der Waals surface area contributed by atoms with E-state index < -0.39 is 6.10 Å². The molecule has 0 aliphatic carbocycles. The number of nitrogens with zero attached hydrogens (tertiary/aromatic N) is 3. The van der Waals surface area contributed by atoms with E-state index in [1.54, 1.807) is 23.2 Å². The van der Waals surface area contributed by atoms with E-state index >= 15 is 0 Å². The number of amides is 1. The van der Waals surface area contributed by atoms with Crippen LogP contribution in [0.25, 0.3) is 21.5 Å². The molecule has 0 saturated heterocycles. The lowest BCUT2D eigenvalue weighted by atomic mass is 10.1. The maximum Gasteiger partial charge on any atom is 0.263 e. The molecule has 0 unspecified atom stereocenters. The molecule has 0 spiro atoms. The van der Waals surface area contributed by atoms with Gasteiger partial charge in [-0.1, -0.05) is 47.6 Å². The molecule has 0 N–H and O–H groups in total. The Labute approximate surface area is 172 Å². The molecule has 1 atom stereocenters. The largest absolute Gasteiger partial charge is 0.480 e. The summed E-state index contributed by atoms with van der Waals surface area (Å²) in [6, 6.07) is 17.7. The molecule has 4 aromatic rings. The highest BCUT2D eigenvalue weighted by molar-refractivity contribution is 7.13. The van der Waals surface area contributed by atoms with Crippen LogP contribution in [0.5, 0.6) is 5.75 Å². The second-order valence-electron chi connectivity index (χ2n) is 6.58. The van der Waals surface area contributed by atoms with E-state index in [2.05, 4.69) is 10.1 Å². The summed E-state index contributed by atoms with van der Waals surface area (Å²) in [6.07, 6.45) is -0.638. The van der Waals surface area contributed by atoms with Crippen LogP contribution >= 0.6 is 11.3 Å². The van der Waals surface area contributed by atoms with Crippen LogP contribution < -0.4 is 4.74 Å².